The van der Waals surface area contributed by atoms with Gasteiger partial charge in [-0.3, -0.25) is 14.5 Å². The maximum absolute atomic E-state index is 12.8. The fraction of sp³-hybridized carbons (Fsp3) is 0.176. The van der Waals surface area contributed by atoms with Gasteiger partial charge in [-0.1, -0.05) is 39.7 Å². The predicted octanol–water partition coefficient (Wildman–Crippen LogP) is 2.90. The van der Waals surface area contributed by atoms with Crippen LogP contribution in [0.1, 0.15) is 12.5 Å². The number of aromatic nitrogens is 1. The molecule has 0 unspecified atom stereocenters. The summed E-state index contributed by atoms with van der Waals surface area (Å²) in [6, 6.07) is 9.62. The number of hydrogen-bond donors (Lipinski definition) is 2. The molecule has 1 atom stereocenters. The number of imide groups is 1. The molecule has 2 N–H and O–H groups in total. The summed E-state index contributed by atoms with van der Waals surface area (Å²) in [6.07, 6.45) is 1.48. The van der Waals surface area contributed by atoms with Gasteiger partial charge in [0, 0.05) is 10.7 Å². The molecule has 1 aromatic heterocycles. The summed E-state index contributed by atoms with van der Waals surface area (Å²) in [5, 5.41) is 5.31. The number of carbonyl (C=O) groups excluding carboxylic acids is 3. The van der Waals surface area contributed by atoms with Crippen molar-refractivity contribution in [3.8, 4) is 0 Å². The van der Waals surface area contributed by atoms with Crippen molar-refractivity contribution in [1.29, 1.82) is 0 Å². The lowest BCUT2D eigenvalue weighted by Crippen LogP contribution is -2.42. The molecule has 0 radical (unpaired) electrons. The number of anilines is 1. The van der Waals surface area contributed by atoms with Gasteiger partial charge in [0.25, 0.3) is 5.91 Å². The molecule has 7 nitrogen and oxygen atoms in total. The van der Waals surface area contributed by atoms with Crippen LogP contribution in [-0.2, 0) is 15.1 Å². The van der Waals surface area contributed by atoms with Gasteiger partial charge >= 0.3 is 6.03 Å². The minimum atomic E-state index is -1.24. The Morgan fingerprint density at radius 1 is 1.35 bits per heavy atom. The Hall–Kier alpha value is -2.45. The average Bonchev–Trinajstić information content (AvgIpc) is 2.81. The molecule has 4 amide bonds. The molecule has 1 saturated heterocycles. The van der Waals surface area contributed by atoms with E-state index in [9.17, 15) is 14.4 Å². The van der Waals surface area contributed by atoms with Crippen molar-refractivity contribution in [2.75, 3.05) is 11.9 Å². The van der Waals surface area contributed by atoms with E-state index in [0.29, 0.717) is 11.3 Å². The molecule has 134 valence electrons. The van der Waals surface area contributed by atoms with Gasteiger partial charge in [0.15, 0.2) is 5.15 Å². The summed E-state index contributed by atoms with van der Waals surface area (Å²) in [5.41, 5.74) is -0.322. The molecule has 0 bridgehead atoms. The Morgan fingerprint density at radius 2 is 2.12 bits per heavy atom. The maximum atomic E-state index is 12.8. The Morgan fingerprint density at radius 3 is 2.81 bits per heavy atom. The van der Waals surface area contributed by atoms with Crippen LogP contribution in [0.15, 0.2) is 47.1 Å². The van der Waals surface area contributed by atoms with E-state index < -0.39 is 29.9 Å². The molecule has 1 aliphatic rings. The van der Waals surface area contributed by atoms with E-state index in [1.807, 2.05) is 6.07 Å². The van der Waals surface area contributed by atoms with Crippen LogP contribution in [0.4, 0.5) is 10.5 Å². The quantitative estimate of drug-likeness (QED) is 0.568. The molecule has 0 spiro atoms. The number of pyridine rings is 1. The highest BCUT2D eigenvalue weighted by atomic mass is 79.9. The monoisotopic (exact) mass is 436 g/mol. The molecule has 26 heavy (non-hydrogen) atoms. The van der Waals surface area contributed by atoms with Crippen LogP contribution < -0.4 is 10.6 Å². The number of nitrogens with one attached hydrogen (secondary N) is 2. The van der Waals surface area contributed by atoms with Gasteiger partial charge in [-0.25, -0.2) is 9.78 Å². The summed E-state index contributed by atoms with van der Waals surface area (Å²) in [5.74, 6) is -1.06. The third kappa shape index (κ3) is 3.42. The highest BCUT2D eigenvalue weighted by molar-refractivity contribution is 9.10. The fourth-order valence-electron chi connectivity index (χ4n) is 2.65. The lowest BCUT2D eigenvalue weighted by molar-refractivity contribution is -0.133. The summed E-state index contributed by atoms with van der Waals surface area (Å²) in [4.78, 5) is 42.1. The molecule has 2 heterocycles. The van der Waals surface area contributed by atoms with Crippen LogP contribution in [0.3, 0.4) is 0 Å². The Labute approximate surface area is 162 Å². The van der Waals surface area contributed by atoms with Gasteiger partial charge in [-0.2, -0.15) is 0 Å². The number of urea groups is 1. The number of halogens is 2. The Kier molecular flexibility index (Phi) is 4.97. The second-order valence-electron chi connectivity index (χ2n) is 5.85. The number of rotatable bonds is 4. The minimum absolute atomic E-state index is 0.122. The molecule has 2 aromatic rings. The normalized spacial score (nSPS) is 19.4. The largest absolute Gasteiger partial charge is 0.325 e. The van der Waals surface area contributed by atoms with E-state index in [1.165, 1.54) is 6.20 Å². The zero-order valence-corrected chi connectivity index (χ0v) is 16.0. The molecular weight excluding hydrogens is 424 g/mol. The van der Waals surface area contributed by atoms with E-state index >= 15 is 0 Å². The van der Waals surface area contributed by atoms with Crippen LogP contribution in [-0.4, -0.2) is 34.3 Å². The maximum Gasteiger partial charge on any atom is 0.325 e. The number of carbonyl (C=O) groups is 3. The highest BCUT2D eigenvalue weighted by Crippen LogP contribution is 2.30. The van der Waals surface area contributed by atoms with Crippen LogP contribution in [0, 0.1) is 0 Å². The number of amides is 4. The summed E-state index contributed by atoms with van der Waals surface area (Å²) >= 11 is 9.24. The van der Waals surface area contributed by atoms with Gasteiger partial charge in [0.1, 0.15) is 12.1 Å². The third-order valence-corrected chi connectivity index (χ3v) is 4.81. The molecule has 1 aliphatic heterocycles. The Bertz CT molecular complexity index is 907. The molecule has 1 fully saturated rings. The number of nitrogens with zero attached hydrogens (tertiary/aromatic N) is 2. The highest BCUT2D eigenvalue weighted by Gasteiger charge is 2.49. The van der Waals surface area contributed by atoms with E-state index in [4.69, 9.17) is 11.6 Å². The number of hydrogen-bond acceptors (Lipinski definition) is 4. The van der Waals surface area contributed by atoms with Crippen molar-refractivity contribution in [3.63, 3.8) is 0 Å². The van der Waals surface area contributed by atoms with Gasteiger partial charge in [0.05, 0.1) is 5.69 Å². The molecule has 3 rings (SSSR count). The average molecular weight is 438 g/mol. The van der Waals surface area contributed by atoms with Crippen molar-refractivity contribution in [2.24, 2.45) is 0 Å². The first-order valence-corrected chi connectivity index (χ1v) is 8.79. The van der Waals surface area contributed by atoms with Gasteiger partial charge in [-0.15, -0.1) is 0 Å². The zero-order valence-electron chi connectivity index (χ0n) is 13.6. The standard InChI is InChI=1S/C17H14BrClN4O3/c1-17(10-4-2-5-11(18)8-10)15(25)23(16(26)22-17)9-13(24)21-12-6-3-7-20-14(12)19/h2-8H,9H2,1H3,(H,21,24)(H,22,26)/t17-/m0/s1. The van der Waals surface area contributed by atoms with Crippen LogP contribution >= 0.6 is 27.5 Å². The summed E-state index contributed by atoms with van der Waals surface area (Å²) < 4.78 is 0.778. The van der Waals surface area contributed by atoms with Crippen molar-refractivity contribution in [3.05, 3.63) is 57.8 Å². The molecule has 9 heteroatoms. The molecule has 1 aromatic carbocycles. The first kappa shape index (κ1) is 18.3. The second-order valence-corrected chi connectivity index (χ2v) is 7.12. The van der Waals surface area contributed by atoms with Crippen LogP contribution in [0.25, 0.3) is 0 Å². The number of benzene rings is 1. The van der Waals surface area contributed by atoms with Crippen molar-refractivity contribution < 1.29 is 14.4 Å². The third-order valence-electron chi connectivity index (χ3n) is 4.01. The minimum Gasteiger partial charge on any atom is -0.322 e. The smallest absolute Gasteiger partial charge is 0.322 e. The van der Waals surface area contributed by atoms with Crippen molar-refractivity contribution >= 4 is 51.1 Å². The summed E-state index contributed by atoms with van der Waals surface area (Å²) in [7, 11) is 0. The fourth-order valence-corrected chi connectivity index (χ4v) is 3.21. The Balaban J connectivity index is 1.77. The van der Waals surface area contributed by atoms with Crippen LogP contribution in [0.5, 0.6) is 0 Å². The molecule has 0 saturated carbocycles. The lowest BCUT2D eigenvalue weighted by Gasteiger charge is -2.22. The molecular formula is C17H14BrClN4O3. The first-order chi connectivity index (χ1) is 12.3. The van der Waals surface area contributed by atoms with E-state index in [-0.39, 0.29) is 5.15 Å². The zero-order chi connectivity index (χ0) is 18.9. The van der Waals surface area contributed by atoms with Gasteiger partial charge in [0.2, 0.25) is 5.91 Å². The van der Waals surface area contributed by atoms with E-state index in [0.717, 1.165) is 9.37 Å². The summed E-state index contributed by atoms with van der Waals surface area (Å²) in [6.45, 7) is 1.17. The van der Waals surface area contributed by atoms with Gasteiger partial charge in [-0.05, 0) is 36.8 Å². The topological polar surface area (TPSA) is 91.4 Å². The predicted molar refractivity (Wildman–Crippen MR) is 99.6 cm³/mol. The second kappa shape index (κ2) is 7.05. The SMILES string of the molecule is C[C@@]1(c2cccc(Br)c2)NC(=O)N(CC(=O)Nc2cccnc2Cl)C1=O. The van der Waals surface area contributed by atoms with Crippen molar-refractivity contribution in [1.82, 2.24) is 15.2 Å². The molecule has 0 aliphatic carbocycles. The first-order valence-electron chi connectivity index (χ1n) is 7.62. The van der Waals surface area contributed by atoms with E-state index in [2.05, 4.69) is 31.5 Å². The van der Waals surface area contributed by atoms with E-state index in [1.54, 1.807) is 37.3 Å². The van der Waals surface area contributed by atoms with Crippen molar-refractivity contribution in [2.45, 2.75) is 12.5 Å². The lowest BCUT2D eigenvalue weighted by atomic mass is 9.92. The van der Waals surface area contributed by atoms with Gasteiger partial charge < -0.3 is 10.6 Å². The van der Waals surface area contributed by atoms with Crippen LogP contribution in [0.2, 0.25) is 5.15 Å².